The largest absolute Gasteiger partial charge is 0.450 e. The van der Waals surface area contributed by atoms with Gasteiger partial charge in [-0.05, 0) is 39.5 Å². The van der Waals surface area contributed by atoms with Crippen LogP contribution >= 0.6 is 0 Å². The molecule has 1 fully saturated rings. The first-order valence-corrected chi connectivity index (χ1v) is 7.49. The van der Waals surface area contributed by atoms with Gasteiger partial charge in [-0.15, -0.1) is 0 Å². The van der Waals surface area contributed by atoms with Crippen LogP contribution in [0.3, 0.4) is 0 Å². The van der Waals surface area contributed by atoms with E-state index < -0.39 is 0 Å². The Morgan fingerprint density at radius 2 is 2.05 bits per heavy atom. The van der Waals surface area contributed by atoms with Gasteiger partial charge in [0.25, 0.3) is 0 Å². The summed E-state index contributed by atoms with van der Waals surface area (Å²) in [5, 5.41) is 3.03. The number of amides is 2. The van der Waals surface area contributed by atoms with Crippen molar-refractivity contribution < 1.29 is 14.3 Å². The molecule has 0 aromatic carbocycles. The number of carbonyl (C=O) groups is 2. The fourth-order valence-corrected chi connectivity index (χ4v) is 2.31. The van der Waals surface area contributed by atoms with Gasteiger partial charge in [0.2, 0.25) is 5.91 Å². The van der Waals surface area contributed by atoms with E-state index >= 15 is 0 Å². The molecule has 1 heterocycles. The Balaban J connectivity index is 2.18. The van der Waals surface area contributed by atoms with Crippen LogP contribution in [-0.4, -0.2) is 48.7 Å². The van der Waals surface area contributed by atoms with Crippen LogP contribution in [0.2, 0.25) is 0 Å². The van der Waals surface area contributed by atoms with E-state index in [1.807, 2.05) is 6.92 Å². The molecule has 0 radical (unpaired) electrons. The number of hydrogen-bond donors (Lipinski definition) is 2. The number of likely N-dealkylation sites (tertiary alicyclic amines) is 1. The number of hydrogen-bond acceptors (Lipinski definition) is 4. The third-order valence-corrected chi connectivity index (χ3v) is 3.45. The summed E-state index contributed by atoms with van der Waals surface area (Å²) >= 11 is 0. The van der Waals surface area contributed by atoms with Crippen molar-refractivity contribution in [1.82, 2.24) is 10.2 Å². The molecule has 6 heteroatoms. The predicted molar refractivity (Wildman–Crippen MR) is 77.3 cm³/mol. The second-order valence-electron chi connectivity index (χ2n) is 5.40. The van der Waals surface area contributed by atoms with Crippen LogP contribution in [0.1, 0.15) is 46.0 Å². The standard InChI is InChI=1S/C14H27N3O3/c1-3-20-14(19)17-9-7-12(8-10-17)16-13(18)6-4-5-11(2)15/h11-12H,3-10,15H2,1-2H3,(H,16,18). The maximum absolute atomic E-state index is 11.8. The normalized spacial score (nSPS) is 17.6. The van der Waals surface area contributed by atoms with Crippen molar-refractivity contribution in [3.8, 4) is 0 Å². The van der Waals surface area contributed by atoms with E-state index in [2.05, 4.69) is 5.32 Å². The Morgan fingerprint density at radius 1 is 1.40 bits per heavy atom. The van der Waals surface area contributed by atoms with Gasteiger partial charge in [0.15, 0.2) is 0 Å². The van der Waals surface area contributed by atoms with Gasteiger partial charge >= 0.3 is 6.09 Å². The van der Waals surface area contributed by atoms with Gasteiger partial charge in [-0.3, -0.25) is 4.79 Å². The molecule has 0 saturated carbocycles. The molecule has 1 rings (SSSR count). The molecule has 1 atom stereocenters. The zero-order valence-electron chi connectivity index (χ0n) is 12.6. The van der Waals surface area contributed by atoms with Gasteiger partial charge in [0, 0.05) is 31.6 Å². The third kappa shape index (κ3) is 6.23. The zero-order valence-corrected chi connectivity index (χ0v) is 12.6. The predicted octanol–water partition coefficient (Wildman–Crippen LogP) is 1.24. The van der Waals surface area contributed by atoms with Crippen molar-refractivity contribution in [1.29, 1.82) is 0 Å². The second-order valence-corrected chi connectivity index (χ2v) is 5.40. The van der Waals surface area contributed by atoms with E-state index in [4.69, 9.17) is 10.5 Å². The molecule has 0 aromatic heterocycles. The van der Waals surface area contributed by atoms with Gasteiger partial charge in [-0.1, -0.05) is 0 Å². The van der Waals surface area contributed by atoms with Crippen LogP contribution < -0.4 is 11.1 Å². The molecule has 1 aliphatic heterocycles. The molecule has 1 saturated heterocycles. The highest BCUT2D eigenvalue weighted by Gasteiger charge is 2.24. The smallest absolute Gasteiger partial charge is 0.409 e. The monoisotopic (exact) mass is 285 g/mol. The first-order valence-electron chi connectivity index (χ1n) is 7.49. The molecule has 6 nitrogen and oxygen atoms in total. The average molecular weight is 285 g/mol. The van der Waals surface area contributed by atoms with E-state index in [0.29, 0.717) is 26.1 Å². The van der Waals surface area contributed by atoms with Crippen molar-refractivity contribution in [3.63, 3.8) is 0 Å². The quantitative estimate of drug-likeness (QED) is 0.769. The van der Waals surface area contributed by atoms with Crippen molar-refractivity contribution >= 4 is 12.0 Å². The molecule has 1 unspecified atom stereocenters. The molecule has 0 aliphatic carbocycles. The van der Waals surface area contributed by atoms with Crippen LogP contribution in [0.25, 0.3) is 0 Å². The van der Waals surface area contributed by atoms with Crippen LogP contribution in [0, 0.1) is 0 Å². The molecule has 1 aliphatic rings. The average Bonchev–Trinajstić information content (AvgIpc) is 2.39. The summed E-state index contributed by atoms with van der Waals surface area (Å²) in [6.45, 7) is 5.43. The fourth-order valence-electron chi connectivity index (χ4n) is 2.31. The maximum atomic E-state index is 11.8. The lowest BCUT2D eigenvalue weighted by molar-refractivity contribution is -0.122. The lowest BCUT2D eigenvalue weighted by Gasteiger charge is -2.31. The molecule has 116 valence electrons. The number of carbonyl (C=O) groups excluding carboxylic acids is 2. The van der Waals surface area contributed by atoms with Crippen LogP contribution in [0.15, 0.2) is 0 Å². The number of nitrogens with two attached hydrogens (primary N) is 1. The second kappa shape index (κ2) is 8.79. The van der Waals surface area contributed by atoms with Crippen molar-refractivity contribution in [2.45, 2.75) is 58.0 Å². The summed E-state index contributed by atoms with van der Waals surface area (Å²) in [4.78, 5) is 25.0. The van der Waals surface area contributed by atoms with Gasteiger partial charge < -0.3 is 20.7 Å². The Morgan fingerprint density at radius 3 is 2.60 bits per heavy atom. The first kappa shape index (κ1) is 16.8. The summed E-state index contributed by atoms with van der Waals surface area (Å²) in [6.07, 6.45) is 3.55. The highest BCUT2D eigenvalue weighted by atomic mass is 16.6. The topological polar surface area (TPSA) is 84.7 Å². The van der Waals surface area contributed by atoms with E-state index in [-0.39, 0.29) is 24.1 Å². The minimum absolute atomic E-state index is 0.0836. The Hall–Kier alpha value is -1.30. The van der Waals surface area contributed by atoms with Crippen LogP contribution in [0.5, 0.6) is 0 Å². The van der Waals surface area contributed by atoms with Gasteiger partial charge in [0.1, 0.15) is 0 Å². The molecular weight excluding hydrogens is 258 g/mol. The molecule has 0 spiro atoms. The summed E-state index contributed by atoms with van der Waals surface area (Å²) in [7, 11) is 0. The number of piperidine rings is 1. The molecule has 20 heavy (non-hydrogen) atoms. The fraction of sp³-hybridized carbons (Fsp3) is 0.857. The Kier molecular flexibility index (Phi) is 7.36. The van der Waals surface area contributed by atoms with E-state index in [1.165, 1.54) is 0 Å². The lowest BCUT2D eigenvalue weighted by Crippen LogP contribution is -2.46. The third-order valence-electron chi connectivity index (χ3n) is 3.45. The first-order chi connectivity index (χ1) is 9.52. The number of ether oxygens (including phenoxy) is 1. The highest BCUT2D eigenvalue weighted by molar-refractivity contribution is 5.76. The SMILES string of the molecule is CCOC(=O)N1CCC(NC(=O)CCCC(C)N)CC1. The number of nitrogens with zero attached hydrogens (tertiary/aromatic N) is 1. The summed E-state index contributed by atoms with van der Waals surface area (Å²) in [5.41, 5.74) is 5.65. The number of rotatable bonds is 6. The van der Waals surface area contributed by atoms with Crippen molar-refractivity contribution in [2.24, 2.45) is 5.73 Å². The van der Waals surface area contributed by atoms with Crippen LogP contribution in [-0.2, 0) is 9.53 Å². The lowest BCUT2D eigenvalue weighted by atomic mass is 10.0. The summed E-state index contributed by atoms with van der Waals surface area (Å²) in [5.74, 6) is 0.0836. The minimum Gasteiger partial charge on any atom is -0.450 e. The Bertz CT molecular complexity index is 313. The van der Waals surface area contributed by atoms with Crippen molar-refractivity contribution in [2.75, 3.05) is 19.7 Å². The highest BCUT2D eigenvalue weighted by Crippen LogP contribution is 2.12. The minimum atomic E-state index is -0.255. The molecule has 2 amide bonds. The number of nitrogens with one attached hydrogen (secondary N) is 1. The van der Waals surface area contributed by atoms with Crippen LogP contribution in [0.4, 0.5) is 4.79 Å². The molecule has 0 aromatic rings. The van der Waals surface area contributed by atoms with E-state index in [1.54, 1.807) is 11.8 Å². The zero-order chi connectivity index (χ0) is 15.0. The van der Waals surface area contributed by atoms with Gasteiger partial charge in [-0.2, -0.15) is 0 Å². The van der Waals surface area contributed by atoms with E-state index in [0.717, 1.165) is 25.7 Å². The van der Waals surface area contributed by atoms with E-state index in [9.17, 15) is 9.59 Å². The molecule has 3 N–H and O–H groups in total. The Labute approximate surface area is 121 Å². The molecular formula is C14H27N3O3. The maximum Gasteiger partial charge on any atom is 0.409 e. The van der Waals surface area contributed by atoms with Gasteiger partial charge in [-0.25, -0.2) is 4.79 Å². The van der Waals surface area contributed by atoms with Crippen molar-refractivity contribution in [3.05, 3.63) is 0 Å². The molecule has 0 bridgehead atoms. The summed E-state index contributed by atoms with van der Waals surface area (Å²) in [6, 6.07) is 0.319. The van der Waals surface area contributed by atoms with Gasteiger partial charge in [0.05, 0.1) is 6.61 Å². The summed E-state index contributed by atoms with van der Waals surface area (Å²) < 4.78 is 4.96.